The quantitative estimate of drug-likeness (QED) is 0.557. The molecule has 3 N–H and O–H groups in total. The van der Waals surface area contributed by atoms with E-state index in [1.165, 1.54) is 4.90 Å². The highest BCUT2D eigenvalue weighted by Crippen LogP contribution is 2.17. The first-order valence-corrected chi connectivity index (χ1v) is 10.2. The number of aromatic nitrogens is 1. The van der Waals surface area contributed by atoms with E-state index in [1.54, 1.807) is 29.2 Å². The van der Waals surface area contributed by atoms with Crippen molar-refractivity contribution in [2.75, 3.05) is 32.7 Å². The van der Waals surface area contributed by atoms with Gasteiger partial charge in [0.25, 0.3) is 5.91 Å². The van der Waals surface area contributed by atoms with Gasteiger partial charge in [-0.3, -0.25) is 14.4 Å². The van der Waals surface area contributed by atoms with E-state index in [4.69, 9.17) is 0 Å². The Morgan fingerprint density at radius 3 is 2.32 bits per heavy atom. The summed E-state index contributed by atoms with van der Waals surface area (Å²) in [5.74, 6) is -1.15. The number of nitrogens with zero attached hydrogens (tertiary/aromatic N) is 2. The first-order chi connectivity index (χ1) is 15.0. The fourth-order valence-electron chi connectivity index (χ4n) is 3.67. The lowest BCUT2D eigenvalue weighted by Gasteiger charge is -2.34. The van der Waals surface area contributed by atoms with Gasteiger partial charge in [-0.05, 0) is 36.2 Å². The van der Waals surface area contributed by atoms with Gasteiger partial charge in [0.05, 0.1) is 0 Å². The monoisotopic (exact) mass is 420 g/mol. The number of piperazine rings is 1. The van der Waals surface area contributed by atoms with E-state index in [0.717, 1.165) is 16.5 Å². The van der Waals surface area contributed by atoms with Gasteiger partial charge >= 0.3 is 11.8 Å². The Hall–Kier alpha value is -3.81. The summed E-state index contributed by atoms with van der Waals surface area (Å²) in [6.07, 6.45) is 0.562. The average Bonchev–Trinajstić information content (AvgIpc) is 3.24. The van der Waals surface area contributed by atoms with Crippen molar-refractivity contribution in [3.63, 3.8) is 0 Å². The molecule has 1 aliphatic heterocycles. The summed E-state index contributed by atoms with van der Waals surface area (Å²) in [5, 5.41) is 12.9. The second-order valence-corrected chi connectivity index (χ2v) is 7.53. The Morgan fingerprint density at radius 2 is 1.61 bits per heavy atom. The summed E-state index contributed by atoms with van der Waals surface area (Å²) in [6.45, 7) is 1.71. The lowest BCUT2D eigenvalue weighted by Crippen LogP contribution is -2.54. The number of aromatic amines is 1. The SMILES string of the molecule is O=C(NCCc1ccc(O)cc1)C(=O)N1CCN(C(=O)c2cc3ccccc3[nH]2)CC1. The first kappa shape index (κ1) is 20.5. The van der Waals surface area contributed by atoms with Crippen LogP contribution in [0, 0.1) is 0 Å². The molecule has 2 heterocycles. The molecule has 8 nitrogen and oxygen atoms in total. The van der Waals surface area contributed by atoms with Gasteiger partial charge in [0.15, 0.2) is 0 Å². The molecule has 1 aliphatic rings. The Bertz CT molecular complexity index is 1070. The molecule has 2 aromatic carbocycles. The maximum atomic E-state index is 12.8. The van der Waals surface area contributed by atoms with E-state index in [-0.39, 0.29) is 11.7 Å². The topological polar surface area (TPSA) is 106 Å². The van der Waals surface area contributed by atoms with Crippen LogP contribution in [0.25, 0.3) is 10.9 Å². The van der Waals surface area contributed by atoms with E-state index in [2.05, 4.69) is 10.3 Å². The fourth-order valence-corrected chi connectivity index (χ4v) is 3.67. The zero-order valence-electron chi connectivity index (χ0n) is 17.0. The van der Waals surface area contributed by atoms with Gasteiger partial charge in [0.1, 0.15) is 11.4 Å². The number of hydrogen-bond donors (Lipinski definition) is 3. The van der Waals surface area contributed by atoms with Crippen molar-refractivity contribution >= 4 is 28.6 Å². The van der Waals surface area contributed by atoms with Crippen LogP contribution in [0.1, 0.15) is 16.1 Å². The van der Waals surface area contributed by atoms with Gasteiger partial charge in [-0.1, -0.05) is 30.3 Å². The zero-order valence-corrected chi connectivity index (χ0v) is 17.0. The molecule has 31 heavy (non-hydrogen) atoms. The number of rotatable bonds is 4. The minimum absolute atomic E-state index is 0.110. The van der Waals surface area contributed by atoms with Crippen molar-refractivity contribution in [2.24, 2.45) is 0 Å². The molecule has 0 radical (unpaired) electrons. The molecule has 1 fully saturated rings. The predicted molar refractivity (Wildman–Crippen MR) is 116 cm³/mol. The second kappa shape index (κ2) is 8.91. The highest BCUT2D eigenvalue weighted by molar-refractivity contribution is 6.35. The van der Waals surface area contributed by atoms with Gasteiger partial charge < -0.3 is 25.2 Å². The van der Waals surface area contributed by atoms with Crippen LogP contribution in [0.5, 0.6) is 5.75 Å². The van der Waals surface area contributed by atoms with Crippen LogP contribution >= 0.6 is 0 Å². The second-order valence-electron chi connectivity index (χ2n) is 7.53. The molecular weight excluding hydrogens is 396 g/mol. The molecule has 1 aromatic heterocycles. The summed E-state index contributed by atoms with van der Waals surface area (Å²) in [4.78, 5) is 43.7. The molecule has 0 atom stereocenters. The average molecular weight is 420 g/mol. The molecule has 4 rings (SSSR count). The molecule has 8 heteroatoms. The standard InChI is InChI=1S/C23H24N4O4/c28-18-7-5-16(6-8-18)9-10-24-21(29)23(31)27-13-11-26(12-14-27)22(30)20-15-17-3-1-2-4-19(17)25-20/h1-8,15,25,28H,9-14H2,(H,24,29). The number of phenolic OH excluding ortho intramolecular Hbond substituents is 1. The molecule has 0 aliphatic carbocycles. The number of benzene rings is 2. The summed E-state index contributed by atoms with van der Waals surface area (Å²) in [6, 6.07) is 16.2. The lowest BCUT2D eigenvalue weighted by molar-refractivity contribution is -0.146. The minimum atomic E-state index is -0.644. The van der Waals surface area contributed by atoms with Gasteiger partial charge in [0.2, 0.25) is 0 Å². The minimum Gasteiger partial charge on any atom is -0.508 e. The van der Waals surface area contributed by atoms with Crippen molar-refractivity contribution in [3.8, 4) is 5.75 Å². The van der Waals surface area contributed by atoms with E-state index in [9.17, 15) is 19.5 Å². The molecule has 0 spiro atoms. The largest absolute Gasteiger partial charge is 0.508 e. The van der Waals surface area contributed by atoms with Crippen molar-refractivity contribution in [2.45, 2.75) is 6.42 Å². The van der Waals surface area contributed by atoms with Crippen LogP contribution < -0.4 is 5.32 Å². The number of carbonyl (C=O) groups is 3. The van der Waals surface area contributed by atoms with Crippen LogP contribution in [0.4, 0.5) is 0 Å². The van der Waals surface area contributed by atoms with E-state index < -0.39 is 11.8 Å². The van der Waals surface area contributed by atoms with Gasteiger partial charge in [-0.15, -0.1) is 0 Å². The number of amides is 3. The number of H-pyrrole nitrogens is 1. The highest BCUT2D eigenvalue weighted by Gasteiger charge is 2.28. The number of para-hydroxylation sites is 1. The Kier molecular flexibility index (Phi) is 5.88. The van der Waals surface area contributed by atoms with Crippen LogP contribution in [0.2, 0.25) is 0 Å². The number of hydrogen-bond acceptors (Lipinski definition) is 4. The summed E-state index contributed by atoms with van der Waals surface area (Å²) in [5.41, 5.74) is 2.38. The van der Waals surface area contributed by atoms with Crippen molar-refractivity contribution < 1.29 is 19.5 Å². The Balaban J connectivity index is 1.25. The van der Waals surface area contributed by atoms with Gasteiger partial charge in [0, 0.05) is 43.6 Å². The number of carbonyl (C=O) groups excluding carboxylic acids is 3. The maximum Gasteiger partial charge on any atom is 0.312 e. The lowest BCUT2D eigenvalue weighted by atomic mass is 10.1. The smallest absolute Gasteiger partial charge is 0.312 e. The third kappa shape index (κ3) is 4.69. The molecule has 0 bridgehead atoms. The van der Waals surface area contributed by atoms with Crippen LogP contribution in [-0.2, 0) is 16.0 Å². The molecule has 0 saturated carbocycles. The molecule has 1 saturated heterocycles. The van der Waals surface area contributed by atoms with Gasteiger partial charge in [-0.25, -0.2) is 0 Å². The number of aromatic hydroxyl groups is 1. The van der Waals surface area contributed by atoms with E-state index in [1.807, 2.05) is 30.3 Å². The summed E-state index contributed by atoms with van der Waals surface area (Å²) in [7, 11) is 0. The van der Waals surface area contributed by atoms with E-state index >= 15 is 0 Å². The van der Waals surface area contributed by atoms with Crippen molar-refractivity contribution in [3.05, 3.63) is 65.9 Å². The van der Waals surface area contributed by atoms with Crippen LogP contribution in [0.3, 0.4) is 0 Å². The third-order valence-electron chi connectivity index (χ3n) is 5.44. The molecule has 3 amide bonds. The first-order valence-electron chi connectivity index (χ1n) is 10.2. The number of phenols is 1. The fraction of sp³-hybridized carbons (Fsp3) is 0.261. The zero-order chi connectivity index (χ0) is 21.8. The predicted octanol–water partition coefficient (Wildman–Crippen LogP) is 1.52. The summed E-state index contributed by atoms with van der Waals surface area (Å²) >= 11 is 0. The molecular formula is C23H24N4O4. The van der Waals surface area contributed by atoms with E-state index in [0.29, 0.717) is 44.8 Å². The molecule has 0 unspecified atom stereocenters. The number of nitrogens with one attached hydrogen (secondary N) is 2. The third-order valence-corrected chi connectivity index (χ3v) is 5.44. The van der Waals surface area contributed by atoms with Crippen LogP contribution in [0.15, 0.2) is 54.6 Å². The maximum absolute atomic E-state index is 12.8. The Labute approximate surface area is 179 Å². The van der Waals surface area contributed by atoms with Gasteiger partial charge in [-0.2, -0.15) is 0 Å². The summed E-state index contributed by atoms with van der Waals surface area (Å²) < 4.78 is 0. The molecule has 3 aromatic rings. The number of fused-ring (bicyclic) bond motifs is 1. The van der Waals surface area contributed by atoms with Crippen molar-refractivity contribution in [1.82, 2.24) is 20.1 Å². The molecule has 160 valence electrons. The normalized spacial score (nSPS) is 13.9. The van der Waals surface area contributed by atoms with Crippen molar-refractivity contribution in [1.29, 1.82) is 0 Å². The highest BCUT2D eigenvalue weighted by atomic mass is 16.3. The van der Waals surface area contributed by atoms with Crippen LogP contribution in [-0.4, -0.2) is 70.3 Å². The Morgan fingerprint density at radius 1 is 0.935 bits per heavy atom.